The quantitative estimate of drug-likeness (QED) is 0.180. The molecule has 192 valence electrons. The largest absolute Gasteiger partial charge is 0.390 e. The van der Waals surface area contributed by atoms with Crippen LogP contribution in [0, 0.1) is 0 Å². The Morgan fingerprint density at radius 1 is 0.970 bits per heavy atom. The van der Waals surface area contributed by atoms with Crippen LogP contribution in [0.5, 0.6) is 0 Å². The number of morpholine rings is 1. The molecule has 10 atom stereocenters. The van der Waals surface area contributed by atoms with Gasteiger partial charge in [0.25, 0.3) is 0 Å². The van der Waals surface area contributed by atoms with Gasteiger partial charge in [-0.05, 0) is 21.0 Å². The number of aliphatic hydroxyl groups is 4. The van der Waals surface area contributed by atoms with E-state index < -0.39 is 60.3 Å². The molecule has 4 aliphatic rings. The van der Waals surface area contributed by atoms with Crippen molar-refractivity contribution in [2.45, 2.75) is 73.6 Å². The van der Waals surface area contributed by atoms with Crippen molar-refractivity contribution in [1.29, 1.82) is 0 Å². The third-order valence-corrected chi connectivity index (χ3v) is 7.47. The van der Waals surface area contributed by atoms with Crippen molar-refractivity contribution in [2.75, 3.05) is 60.0 Å². The van der Waals surface area contributed by atoms with Crippen LogP contribution in [0.2, 0.25) is 0 Å². The van der Waals surface area contributed by atoms with E-state index in [1.807, 2.05) is 0 Å². The van der Waals surface area contributed by atoms with E-state index >= 15 is 0 Å². The predicted octanol–water partition coefficient (Wildman–Crippen LogP) is -3.84. The first-order valence-corrected chi connectivity index (χ1v) is 11.9. The predicted molar refractivity (Wildman–Crippen MR) is 116 cm³/mol. The monoisotopic (exact) mass is 476 g/mol. The van der Waals surface area contributed by atoms with Crippen LogP contribution in [0.3, 0.4) is 0 Å². The van der Waals surface area contributed by atoms with Crippen molar-refractivity contribution in [1.82, 2.24) is 20.9 Å². The van der Waals surface area contributed by atoms with Crippen LogP contribution in [0.25, 0.3) is 0 Å². The Morgan fingerprint density at radius 3 is 2.33 bits per heavy atom. The number of hydrogen-bond acceptors (Lipinski definition) is 12. The molecular formula is C21H40N4O8. The Hall–Kier alpha value is -0.480. The zero-order chi connectivity index (χ0) is 23.8. The Kier molecular flexibility index (Phi) is 7.95. The molecule has 0 aromatic rings. The first-order chi connectivity index (χ1) is 15.7. The highest BCUT2D eigenvalue weighted by Crippen LogP contribution is 2.46. The Balaban J connectivity index is 1.48. The summed E-state index contributed by atoms with van der Waals surface area (Å²) in [4.78, 5) is 2.27. The van der Waals surface area contributed by atoms with Crippen LogP contribution >= 0.6 is 0 Å². The molecule has 7 N–H and O–H groups in total. The SMILES string of the molecule is CNC1C2OC3(O)[C@@H](O[C@H](C)C[C@@]3(O)CNCCN3CCOCC3)O[C@@H]2[C@@H](O)[C@H](NC)[C@@H]1O. The molecular weight excluding hydrogens is 436 g/mol. The highest BCUT2D eigenvalue weighted by Gasteiger charge is 2.68. The topological polar surface area (TPSA) is 157 Å². The van der Waals surface area contributed by atoms with Crippen molar-refractivity contribution in [2.24, 2.45) is 0 Å². The summed E-state index contributed by atoms with van der Waals surface area (Å²) in [5, 5.41) is 54.0. The van der Waals surface area contributed by atoms with Gasteiger partial charge in [-0.1, -0.05) is 0 Å². The third kappa shape index (κ3) is 4.69. The fraction of sp³-hybridized carbons (Fsp3) is 1.00. The normalized spacial score (nSPS) is 48.8. The van der Waals surface area contributed by atoms with Gasteiger partial charge in [-0.2, -0.15) is 0 Å². The molecule has 33 heavy (non-hydrogen) atoms. The van der Waals surface area contributed by atoms with Crippen molar-refractivity contribution in [3.8, 4) is 0 Å². The second-order valence-electron chi connectivity index (χ2n) is 9.63. The lowest BCUT2D eigenvalue weighted by atomic mass is 9.77. The molecule has 0 radical (unpaired) electrons. The summed E-state index contributed by atoms with van der Waals surface area (Å²) >= 11 is 0. The average molecular weight is 477 g/mol. The summed E-state index contributed by atoms with van der Waals surface area (Å²) in [7, 11) is 3.30. The molecule has 12 heteroatoms. The van der Waals surface area contributed by atoms with E-state index in [-0.39, 0.29) is 13.0 Å². The van der Waals surface area contributed by atoms with Gasteiger partial charge in [-0.25, -0.2) is 0 Å². The van der Waals surface area contributed by atoms with Gasteiger partial charge in [0.15, 0.2) is 0 Å². The molecule has 4 rings (SSSR count). The Morgan fingerprint density at radius 2 is 1.67 bits per heavy atom. The minimum Gasteiger partial charge on any atom is -0.390 e. The molecule has 0 aromatic heterocycles. The highest BCUT2D eigenvalue weighted by atomic mass is 16.8. The maximum atomic E-state index is 11.6. The molecule has 3 heterocycles. The number of nitrogens with one attached hydrogen (secondary N) is 3. The number of aliphatic hydroxyl groups excluding tert-OH is 2. The third-order valence-electron chi connectivity index (χ3n) is 7.47. The summed E-state index contributed by atoms with van der Waals surface area (Å²) in [5.41, 5.74) is -1.71. The lowest BCUT2D eigenvalue weighted by molar-refractivity contribution is -0.482. The first kappa shape index (κ1) is 25.6. The molecule has 0 bridgehead atoms. The summed E-state index contributed by atoms with van der Waals surface area (Å²) in [6, 6.07) is -1.32. The van der Waals surface area contributed by atoms with Crippen molar-refractivity contribution in [3.63, 3.8) is 0 Å². The molecule has 12 nitrogen and oxygen atoms in total. The van der Waals surface area contributed by atoms with E-state index in [1.54, 1.807) is 21.0 Å². The van der Waals surface area contributed by atoms with Crippen LogP contribution in [0.1, 0.15) is 13.3 Å². The van der Waals surface area contributed by atoms with E-state index in [2.05, 4.69) is 20.9 Å². The minimum atomic E-state index is -2.19. The van der Waals surface area contributed by atoms with E-state index in [0.29, 0.717) is 19.8 Å². The second kappa shape index (κ2) is 10.2. The number of nitrogens with zero attached hydrogens (tertiary/aromatic N) is 1. The molecule has 0 aromatic carbocycles. The lowest BCUT2D eigenvalue weighted by Gasteiger charge is -2.60. The number of ether oxygens (including phenoxy) is 4. The van der Waals surface area contributed by atoms with Gasteiger partial charge in [-0.3, -0.25) is 4.90 Å². The van der Waals surface area contributed by atoms with Crippen molar-refractivity contribution < 1.29 is 39.4 Å². The fourth-order valence-corrected chi connectivity index (χ4v) is 5.59. The standard InChI is InChI=1S/C21H40N4O8/c1-12-10-20(28,11-24-4-5-25-6-8-30-9-7-25)21(29)19(31-12)32-18-16(27)13(22-2)15(26)14(23-3)17(18)33-21/h12-19,22-24,26-29H,4-11H2,1-3H3/t12-,13-,14?,15+,16+,17?,18-,19+,20-,21?/m1/s1. The molecule has 0 amide bonds. The number of likely N-dealkylation sites (N-methyl/N-ethyl adjacent to an activating group) is 2. The van der Waals surface area contributed by atoms with Crippen LogP contribution in [0.15, 0.2) is 0 Å². The van der Waals surface area contributed by atoms with Crippen LogP contribution in [-0.4, -0.2) is 146 Å². The van der Waals surface area contributed by atoms with Crippen LogP contribution in [0.4, 0.5) is 0 Å². The second-order valence-corrected chi connectivity index (χ2v) is 9.63. The summed E-state index contributed by atoms with van der Waals surface area (Å²) in [6.45, 7) is 6.43. The average Bonchev–Trinajstić information content (AvgIpc) is 2.78. The van der Waals surface area contributed by atoms with Crippen LogP contribution in [-0.2, 0) is 18.9 Å². The fourth-order valence-electron chi connectivity index (χ4n) is 5.59. The Labute approximate surface area is 194 Å². The zero-order valence-corrected chi connectivity index (χ0v) is 19.6. The molecule has 1 saturated carbocycles. The molecule has 3 saturated heterocycles. The van der Waals surface area contributed by atoms with Crippen molar-refractivity contribution in [3.05, 3.63) is 0 Å². The molecule has 4 fully saturated rings. The maximum absolute atomic E-state index is 11.6. The van der Waals surface area contributed by atoms with E-state index in [4.69, 9.17) is 18.9 Å². The molecule has 3 aliphatic heterocycles. The van der Waals surface area contributed by atoms with Gasteiger partial charge in [-0.15, -0.1) is 0 Å². The lowest BCUT2D eigenvalue weighted by Crippen LogP contribution is -2.81. The molecule has 0 spiro atoms. The summed E-state index contributed by atoms with van der Waals surface area (Å²) < 4.78 is 23.3. The summed E-state index contributed by atoms with van der Waals surface area (Å²) in [5.74, 6) is -2.19. The zero-order valence-electron chi connectivity index (χ0n) is 19.6. The maximum Gasteiger partial charge on any atom is 0.249 e. The Bertz CT molecular complexity index is 658. The van der Waals surface area contributed by atoms with Gasteiger partial charge in [0.1, 0.15) is 23.9 Å². The van der Waals surface area contributed by atoms with E-state index in [9.17, 15) is 20.4 Å². The number of fused-ring (bicyclic) bond motifs is 2. The van der Waals surface area contributed by atoms with Crippen LogP contribution < -0.4 is 16.0 Å². The van der Waals surface area contributed by atoms with E-state index in [1.165, 1.54) is 0 Å². The first-order valence-electron chi connectivity index (χ1n) is 11.9. The molecule has 1 aliphatic carbocycles. The van der Waals surface area contributed by atoms with Gasteiger partial charge in [0, 0.05) is 39.1 Å². The summed E-state index contributed by atoms with van der Waals surface area (Å²) in [6.07, 6.45) is -5.49. The van der Waals surface area contributed by atoms with E-state index in [0.717, 1.165) is 19.6 Å². The van der Waals surface area contributed by atoms with Gasteiger partial charge < -0.3 is 55.3 Å². The minimum absolute atomic E-state index is 0.0628. The molecule has 3 unspecified atom stereocenters. The van der Waals surface area contributed by atoms with Gasteiger partial charge in [0.05, 0.1) is 37.5 Å². The highest BCUT2D eigenvalue weighted by molar-refractivity contribution is 5.12. The number of rotatable bonds is 7. The van der Waals surface area contributed by atoms with Gasteiger partial charge in [0.2, 0.25) is 12.1 Å². The number of hydrogen-bond donors (Lipinski definition) is 7. The van der Waals surface area contributed by atoms with Gasteiger partial charge >= 0.3 is 0 Å². The van der Waals surface area contributed by atoms with Crippen molar-refractivity contribution >= 4 is 0 Å². The smallest absolute Gasteiger partial charge is 0.249 e.